The van der Waals surface area contributed by atoms with E-state index < -0.39 is 0 Å². The van der Waals surface area contributed by atoms with Gasteiger partial charge in [-0.2, -0.15) is 0 Å². The van der Waals surface area contributed by atoms with Crippen molar-refractivity contribution >= 4 is 40.1 Å². The minimum Gasteiger partial charge on any atom is -0.383 e. The fraction of sp³-hybridized carbons (Fsp3) is 0.300. The number of aromatic nitrogens is 1. The van der Waals surface area contributed by atoms with Crippen LogP contribution in [-0.2, 0) is 6.54 Å². The normalized spacial score (nSPS) is 14.6. The third kappa shape index (κ3) is 3.80. The first-order valence-electron chi connectivity index (χ1n) is 9.00. The van der Waals surface area contributed by atoms with Gasteiger partial charge in [-0.3, -0.25) is 4.99 Å². The molecule has 1 aliphatic heterocycles. The number of benzene rings is 1. The van der Waals surface area contributed by atoms with Crippen molar-refractivity contribution in [2.75, 3.05) is 19.6 Å². The molecule has 0 unspecified atom stereocenters. The van der Waals surface area contributed by atoms with Gasteiger partial charge in [0, 0.05) is 25.8 Å². The highest BCUT2D eigenvalue weighted by atomic mass is 32.1. The highest BCUT2D eigenvalue weighted by molar-refractivity contribution is 7.12. The van der Waals surface area contributed by atoms with Crippen LogP contribution in [0.3, 0.4) is 0 Å². The second kappa shape index (κ2) is 7.74. The molecule has 4 rings (SSSR count). The van der Waals surface area contributed by atoms with Gasteiger partial charge in [-0.15, -0.1) is 11.3 Å². The summed E-state index contributed by atoms with van der Waals surface area (Å²) in [5, 5.41) is 3.25. The Morgan fingerprint density at radius 2 is 2.12 bits per heavy atom. The Morgan fingerprint density at radius 1 is 1.19 bits per heavy atom. The summed E-state index contributed by atoms with van der Waals surface area (Å²) in [6.07, 6.45) is 6.47. The molecular weight excluding hydrogens is 342 g/mol. The van der Waals surface area contributed by atoms with E-state index in [9.17, 15) is 0 Å². The first-order chi connectivity index (χ1) is 12.8. The zero-order chi connectivity index (χ0) is 17.8. The van der Waals surface area contributed by atoms with E-state index in [1.165, 1.54) is 17.3 Å². The highest BCUT2D eigenvalue weighted by Gasteiger charge is 2.06. The lowest BCUT2D eigenvalue weighted by Gasteiger charge is -2.13. The maximum absolute atomic E-state index is 6.13. The zero-order valence-corrected chi connectivity index (χ0v) is 15.5. The number of hydrogen-bond donors (Lipinski definition) is 1. The van der Waals surface area contributed by atoms with Crippen molar-refractivity contribution < 1.29 is 0 Å². The molecule has 0 amide bonds. The van der Waals surface area contributed by atoms with E-state index in [2.05, 4.69) is 43.8 Å². The predicted molar refractivity (Wildman–Crippen MR) is 111 cm³/mol. The second-order valence-corrected chi connectivity index (χ2v) is 7.44. The first kappa shape index (κ1) is 16.8. The molecule has 5 nitrogen and oxygen atoms in total. The van der Waals surface area contributed by atoms with Crippen molar-refractivity contribution in [1.29, 1.82) is 0 Å². The molecule has 134 valence electrons. The Bertz CT molecular complexity index is 923. The molecule has 6 heteroatoms. The Kier molecular flexibility index (Phi) is 5.02. The molecule has 2 N–H and O–H groups in total. The summed E-state index contributed by atoms with van der Waals surface area (Å²) in [7, 11) is 0. The summed E-state index contributed by atoms with van der Waals surface area (Å²) in [5.74, 6) is 0.574. The number of nitrogens with zero attached hydrogens (tertiary/aromatic N) is 4. The maximum atomic E-state index is 6.13. The lowest BCUT2D eigenvalue weighted by atomic mass is 10.2. The summed E-state index contributed by atoms with van der Waals surface area (Å²) in [6.45, 7) is 4.12. The number of aryl methyl sites for hydroxylation is 1. The molecule has 0 aliphatic carbocycles. The molecule has 1 aromatic carbocycles. The van der Waals surface area contributed by atoms with E-state index >= 15 is 0 Å². The lowest BCUT2D eigenvalue weighted by Crippen LogP contribution is -2.21. The van der Waals surface area contributed by atoms with Crippen LogP contribution < -0.4 is 5.73 Å². The topological polar surface area (TPSA) is 58.9 Å². The van der Waals surface area contributed by atoms with E-state index in [1.807, 2.05) is 29.9 Å². The summed E-state index contributed by atoms with van der Waals surface area (Å²) in [5.41, 5.74) is 8.24. The van der Waals surface area contributed by atoms with Crippen molar-refractivity contribution in [2.24, 2.45) is 15.7 Å². The predicted octanol–water partition coefficient (Wildman–Crippen LogP) is 3.86. The molecule has 26 heavy (non-hydrogen) atoms. The molecule has 0 saturated heterocycles. The van der Waals surface area contributed by atoms with Gasteiger partial charge in [-0.05, 0) is 47.9 Å². The Balaban J connectivity index is 1.44. The van der Waals surface area contributed by atoms with Crippen LogP contribution in [0.5, 0.6) is 0 Å². The number of fused-ring (bicyclic) bond motifs is 1. The van der Waals surface area contributed by atoms with Crippen LogP contribution in [0, 0.1) is 0 Å². The summed E-state index contributed by atoms with van der Waals surface area (Å²) in [6, 6.07) is 12.4. The van der Waals surface area contributed by atoms with Gasteiger partial charge in [-0.1, -0.05) is 12.1 Å². The number of thiophene rings is 1. The van der Waals surface area contributed by atoms with Gasteiger partial charge in [0.2, 0.25) is 0 Å². The van der Waals surface area contributed by atoms with Gasteiger partial charge in [0.1, 0.15) is 5.84 Å². The average Bonchev–Trinajstić information content (AvgIpc) is 3.40. The maximum Gasteiger partial charge on any atom is 0.141 e. The van der Waals surface area contributed by atoms with Crippen LogP contribution in [0.25, 0.3) is 10.9 Å². The largest absolute Gasteiger partial charge is 0.383 e. The van der Waals surface area contributed by atoms with Crippen LogP contribution in [-0.4, -0.2) is 41.3 Å². The van der Waals surface area contributed by atoms with Crippen molar-refractivity contribution in [3.8, 4) is 0 Å². The molecule has 0 radical (unpaired) electrons. The third-order valence-electron chi connectivity index (χ3n) is 4.64. The van der Waals surface area contributed by atoms with Gasteiger partial charge in [0.05, 0.1) is 29.0 Å². The molecule has 3 aromatic rings. The van der Waals surface area contributed by atoms with Crippen molar-refractivity contribution in [1.82, 2.24) is 9.47 Å². The van der Waals surface area contributed by atoms with Crippen LogP contribution in [0.15, 0.2) is 58.0 Å². The molecule has 0 atom stereocenters. The number of hydrogen-bond acceptors (Lipinski definition) is 4. The number of nitrogens with two attached hydrogens (primary N) is 1. The van der Waals surface area contributed by atoms with Crippen LogP contribution >= 0.6 is 11.3 Å². The van der Waals surface area contributed by atoms with Gasteiger partial charge < -0.3 is 15.2 Å². The molecule has 0 fully saturated rings. The summed E-state index contributed by atoms with van der Waals surface area (Å²) in [4.78, 5) is 12.2. The number of unbranched alkanes of at least 4 members (excludes halogenated alkanes) is 1. The lowest BCUT2D eigenvalue weighted by molar-refractivity contribution is 0.438. The number of aliphatic imine (C=N–C) groups is 2. The minimum absolute atomic E-state index is 0.574. The molecule has 0 spiro atoms. The average molecular weight is 366 g/mol. The van der Waals surface area contributed by atoms with E-state index in [1.54, 1.807) is 11.3 Å². The van der Waals surface area contributed by atoms with Gasteiger partial charge in [-0.25, -0.2) is 4.99 Å². The molecule has 3 heterocycles. The fourth-order valence-corrected chi connectivity index (χ4v) is 3.87. The van der Waals surface area contributed by atoms with Crippen LogP contribution in [0.1, 0.15) is 17.7 Å². The van der Waals surface area contributed by atoms with Crippen LogP contribution in [0.2, 0.25) is 0 Å². The highest BCUT2D eigenvalue weighted by Crippen LogP contribution is 2.24. The van der Waals surface area contributed by atoms with Gasteiger partial charge in [0.25, 0.3) is 0 Å². The van der Waals surface area contributed by atoms with Crippen molar-refractivity contribution in [3.63, 3.8) is 0 Å². The Morgan fingerprint density at radius 3 is 2.92 bits per heavy atom. The molecule has 0 bridgehead atoms. The van der Waals surface area contributed by atoms with Gasteiger partial charge >= 0.3 is 0 Å². The quantitative estimate of drug-likeness (QED) is 0.393. The second-order valence-electron chi connectivity index (χ2n) is 6.49. The summed E-state index contributed by atoms with van der Waals surface area (Å²) >= 11 is 1.61. The van der Waals surface area contributed by atoms with E-state index in [4.69, 9.17) is 5.73 Å². The Hall–Kier alpha value is -2.60. The van der Waals surface area contributed by atoms with Crippen molar-refractivity contribution in [2.45, 2.75) is 19.4 Å². The molecule has 1 aliphatic rings. The number of rotatable bonds is 7. The first-order valence-corrected chi connectivity index (χ1v) is 9.88. The van der Waals surface area contributed by atoms with E-state index in [0.717, 1.165) is 43.2 Å². The Labute approximate surface area is 157 Å². The minimum atomic E-state index is 0.574. The van der Waals surface area contributed by atoms with Gasteiger partial charge in [0.15, 0.2) is 0 Å². The smallest absolute Gasteiger partial charge is 0.141 e. The molecule has 0 saturated carbocycles. The van der Waals surface area contributed by atoms with Crippen LogP contribution in [0.4, 0.5) is 5.69 Å². The molecular formula is C20H23N5S. The monoisotopic (exact) mass is 365 g/mol. The third-order valence-corrected chi connectivity index (χ3v) is 5.53. The van der Waals surface area contributed by atoms with Crippen molar-refractivity contribution in [3.05, 3.63) is 52.9 Å². The standard InChI is InChI=1S/C20H23N5S/c21-20(19-4-3-13-26-19)23-17-6-5-16-7-11-25(18(16)14-17)10-2-1-9-24-12-8-22-15-24/h3-7,11,13-15H,1-2,8-10,12H2,(H2,21,23). The summed E-state index contributed by atoms with van der Waals surface area (Å²) < 4.78 is 2.31. The van der Waals surface area contributed by atoms with E-state index in [0.29, 0.717) is 5.84 Å². The number of amidine groups is 1. The SMILES string of the molecule is NC(=Nc1ccc2ccn(CCCCN3C=NCC3)c2c1)c1cccs1. The molecule has 2 aromatic heterocycles. The van der Waals surface area contributed by atoms with E-state index in [-0.39, 0.29) is 0 Å². The zero-order valence-electron chi connectivity index (χ0n) is 14.7. The fourth-order valence-electron chi connectivity index (χ4n) is 3.24.